The van der Waals surface area contributed by atoms with E-state index in [1.54, 1.807) is 7.11 Å². The fraction of sp³-hybridized carbons (Fsp3) is 0.357. The third-order valence-corrected chi connectivity index (χ3v) is 3.47. The number of carbonyl (C=O) groups excluding carboxylic acids is 1. The number of rotatable bonds is 3. The zero-order valence-electron chi connectivity index (χ0n) is 10.8. The first-order chi connectivity index (χ1) is 9.26. The zero-order valence-corrected chi connectivity index (χ0v) is 10.8. The number of amides is 1. The van der Waals surface area contributed by atoms with Crippen molar-refractivity contribution in [3.63, 3.8) is 0 Å². The Hall–Kier alpha value is -2.01. The van der Waals surface area contributed by atoms with Crippen LogP contribution in [0.1, 0.15) is 16.9 Å². The van der Waals surface area contributed by atoms with Gasteiger partial charge in [-0.1, -0.05) is 0 Å². The summed E-state index contributed by atoms with van der Waals surface area (Å²) in [6, 6.07) is 7.80. The Bertz CT molecular complexity index is 600. The second kappa shape index (κ2) is 4.93. The molecule has 1 aliphatic heterocycles. The molecule has 1 fully saturated rings. The highest BCUT2D eigenvalue weighted by atomic mass is 16.5. The number of ether oxygens (including phenoxy) is 1. The number of benzene rings is 1. The standard InChI is InChI=1S/C14H17N3O2/c1-19-11-2-3-12-9(6-11)7-13(17-12)14(18)16-10-4-5-15-8-10/h2-3,6-7,10,15,17H,4-5,8H2,1H3,(H,16,18)/t10-/m0/s1. The monoisotopic (exact) mass is 259 g/mol. The molecule has 1 aliphatic rings. The van der Waals surface area contributed by atoms with E-state index in [-0.39, 0.29) is 11.9 Å². The summed E-state index contributed by atoms with van der Waals surface area (Å²) in [5, 5.41) is 7.23. The quantitative estimate of drug-likeness (QED) is 0.777. The third-order valence-electron chi connectivity index (χ3n) is 3.47. The largest absolute Gasteiger partial charge is 0.497 e. The molecule has 0 saturated carbocycles. The minimum absolute atomic E-state index is 0.0520. The van der Waals surface area contributed by atoms with Gasteiger partial charge in [-0.3, -0.25) is 4.79 Å². The summed E-state index contributed by atoms with van der Waals surface area (Å²) >= 11 is 0. The highest BCUT2D eigenvalue weighted by molar-refractivity contribution is 5.98. The molecule has 0 unspecified atom stereocenters. The van der Waals surface area contributed by atoms with Crippen LogP contribution in [0.15, 0.2) is 24.3 Å². The SMILES string of the molecule is COc1ccc2[nH]c(C(=O)N[C@H]3CCNC3)cc2c1. The maximum Gasteiger partial charge on any atom is 0.267 e. The Morgan fingerprint density at radius 2 is 2.32 bits per heavy atom. The van der Waals surface area contributed by atoms with E-state index in [0.717, 1.165) is 36.2 Å². The molecule has 100 valence electrons. The van der Waals surface area contributed by atoms with Crippen molar-refractivity contribution in [2.45, 2.75) is 12.5 Å². The molecule has 0 aliphatic carbocycles. The highest BCUT2D eigenvalue weighted by Crippen LogP contribution is 2.21. The summed E-state index contributed by atoms with van der Waals surface area (Å²) < 4.78 is 5.18. The van der Waals surface area contributed by atoms with Gasteiger partial charge in [0.1, 0.15) is 11.4 Å². The first-order valence-electron chi connectivity index (χ1n) is 6.44. The summed E-state index contributed by atoms with van der Waals surface area (Å²) in [6.07, 6.45) is 0.986. The predicted molar refractivity (Wildman–Crippen MR) is 73.6 cm³/mol. The molecule has 19 heavy (non-hydrogen) atoms. The second-order valence-electron chi connectivity index (χ2n) is 4.80. The van der Waals surface area contributed by atoms with E-state index in [4.69, 9.17) is 4.74 Å². The highest BCUT2D eigenvalue weighted by Gasteiger charge is 2.18. The van der Waals surface area contributed by atoms with Crippen molar-refractivity contribution in [2.75, 3.05) is 20.2 Å². The zero-order chi connectivity index (χ0) is 13.2. The average molecular weight is 259 g/mol. The van der Waals surface area contributed by atoms with Gasteiger partial charge in [0.25, 0.3) is 5.91 Å². The lowest BCUT2D eigenvalue weighted by atomic mass is 10.2. The smallest absolute Gasteiger partial charge is 0.267 e. The normalized spacial score (nSPS) is 18.7. The molecular formula is C14H17N3O2. The summed E-state index contributed by atoms with van der Waals surface area (Å²) in [7, 11) is 1.63. The number of nitrogens with one attached hydrogen (secondary N) is 3. The average Bonchev–Trinajstić information content (AvgIpc) is 3.05. The van der Waals surface area contributed by atoms with E-state index in [9.17, 15) is 4.79 Å². The molecule has 1 saturated heterocycles. The van der Waals surface area contributed by atoms with E-state index in [1.807, 2.05) is 24.3 Å². The maximum absolute atomic E-state index is 12.1. The molecule has 1 amide bonds. The molecule has 3 N–H and O–H groups in total. The van der Waals surface area contributed by atoms with E-state index in [0.29, 0.717) is 5.69 Å². The molecular weight excluding hydrogens is 242 g/mol. The summed E-state index contributed by atoms with van der Waals surface area (Å²) in [4.78, 5) is 15.3. The van der Waals surface area contributed by atoms with Crippen LogP contribution in [0.25, 0.3) is 10.9 Å². The van der Waals surface area contributed by atoms with Gasteiger partial charge >= 0.3 is 0 Å². The van der Waals surface area contributed by atoms with Gasteiger partial charge < -0.3 is 20.4 Å². The number of fused-ring (bicyclic) bond motifs is 1. The lowest BCUT2D eigenvalue weighted by molar-refractivity contribution is 0.0936. The summed E-state index contributed by atoms with van der Waals surface area (Å²) in [5.41, 5.74) is 1.53. The van der Waals surface area contributed by atoms with Gasteiger partial charge in [0.05, 0.1) is 7.11 Å². The topological polar surface area (TPSA) is 66.2 Å². The number of aromatic amines is 1. The van der Waals surface area contributed by atoms with E-state index in [2.05, 4.69) is 15.6 Å². The minimum Gasteiger partial charge on any atom is -0.497 e. The molecule has 0 spiro atoms. The van der Waals surface area contributed by atoms with E-state index < -0.39 is 0 Å². The Morgan fingerprint density at radius 1 is 1.42 bits per heavy atom. The van der Waals surface area contributed by atoms with Crippen molar-refractivity contribution in [1.82, 2.24) is 15.6 Å². The van der Waals surface area contributed by atoms with Gasteiger partial charge in [-0.2, -0.15) is 0 Å². The van der Waals surface area contributed by atoms with Gasteiger partial charge in [0.2, 0.25) is 0 Å². The first kappa shape index (κ1) is 12.0. The lowest BCUT2D eigenvalue weighted by Crippen LogP contribution is -2.36. The Kier molecular flexibility index (Phi) is 3.13. The third kappa shape index (κ3) is 2.42. The molecule has 2 heterocycles. The molecule has 1 atom stereocenters. The van der Waals surface area contributed by atoms with Crippen LogP contribution < -0.4 is 15.4 Å². The number of hydrogen-bond donors (Lipinski definition) is 3. The number of methoxy groups -OCH3 is 1. The van der Waals surface area contributed by atoms with E-state index in [1.165, 1.54) is 0 Å². The predicted octanol–water partition coefficient (Wildman–Crippen LogP) is 1.27. The van der Waals surface area contributed by atoms with Gasteiger partial charge in [-0.25, -0.2) is 0 Å². The van der Waals surface area contributed by atoms with Gasteiger partial charge in [-0.05, 0) is 37.2 Å². The Morgan fingerprint density at radius 3 is 3.05 bits per heavy atom. The number of hydrogen-bond acceptors (Lipinski definition) is 3. The van der Waals surface area contributed by atoms with Crippen LogP contribution in [-0.4, -0.2) is 37.1 Å². The van der Waals surface area contributed by atoms with Crippen molar-refractivity contribution in [3.8, 4) is 5.75 Å². The molecule has 3 rings (SSSR count). The number of carbonyl (C=O) groups is 1. The van der Waals surface area contributed by atoms with Crippen LogP contribution in [0.2, 0.25) is 0 Å². The van der Waals surface area contributed by atoms with Crippen LogP contribution in [0.5, 0.6) is 5.75 Å². The summed E-state index contributed by atoms with van der Waals surface area (Å²) in [5.74, 6) is 0.738. The molecule has 2 aromatic rings. The maximum atomic E-state index is 12.1. The minimum atomic E-state index is -0.0520. The molecule has 5 nitrogen and oxygen atoms in total. The number of H-pyrrole nitrogens is 1. The van der Waals surface area contributed by atoms with Crippen LogP contribution in [0, 0.1) is 0 Å². The van der Waals surface area contributed by atoms with Gasteiger partial charge in [0, 0.05) is 23.5 Å². The Labute approximate surface area is 111 Å². The van der Waals surface area contributed by atoms with Gasteiger partial charge in [0.15, 0.2) is 0 Å². The first-order valence-corrected chi connectivity index (χ1v) is 6.44. The van der Waals surface area contributed by atoms with Crippen molar-refractivity contribution in [3.05, 3.63) is 30.0 Å². The van der Waals surface area contributed by atoms with Crippen LogP contribution in [-0.2, 0) is 0 Å². The van der Waals surface area contributed by atoms with Crippen molar-refractivity contribution >= 4 is 16.8 Å². The van der Waals surface area contributed by atoms with Crippen LogP contribution in [0.4, 0.5) is 0 Å². The van der Waals surface area contributed by atoms with Crippen LogP contribution in [0.3, 0.4) is 0 Å². The van der Waals surface area contributed by atoms with Crippen LogP contribution >= 0.6 is 0 Å². The molecule has 5 heteroatoms. The molecule has 1 aromatic carbocycles. The van der Waals surface area contributed by atoms with Crippen molar-refractivity contribution < 1.29 is 9.53 Å². The Balaban J connectivity index is 1.81. The molecule has 1 aromatic heterocycles. The second-order valence-corrected chi connectivity index (χ2v) is 4.80. The van der Waals surface area contributed by atoms with Crippen molar-refractivity contribution in [2.24, 2.45) is 0 Å². The molecule has 0 bridgehead atoms. The fourth-order valence-corrected chi connectivity index (χ4v) is 2.40. The fourth-order valence-electron chi connectivity index (χ4n) is 2.40. The molecule has 0 radical (unpaired) electrons. The summed E-state index contributed by atoms with van der Waals surface area (Å²) in [6.45, 7) is 1.81. The number of aromatic nitrogens is 1. The lowest BCUT2D eigenvalue weighted by Gasteiger charge is -2.09. The van der Waals surface area contributed by atoms with E-state index >= 15 is 0 Å². The van der Waals surface area contributed by atoms with Crippen molar-refractivity contribution in [1.29, 1.82) is 0 Å². The van der Waals surface area contributed by atoms with Gasteiger partial charge in [-0.15, -0.1) is 0 Å².